The third-order valence-corrected chi connectivity index (χ3v) is 3.27. The van der Waals surface area contributed by atoms with Crippen LogP contribution in [0.4, 0.5) is 0 Å². The van der Waals surface area contributed by atoms with Gasteiger partial charge < -0.3 is 9.47 Å². The van der Waals surface area contributed by atoms with Crippen molar-refractivity contribution in [3.05, 3.63) is 59.7 Å². The van der Waals surface area contributed by atoms with Gasteiger partial charge in [0.15, 0.2) is 0 Å². The summed E-state index contributed by atoms with van der Waals surface area (Å²) >= 11 is 0. The van der Waals surface area contributed by atoms with Crippen molar-refractivity contribution >= 4 is 11.9 Å². The maximum Gasteiger partial charge on any atom is 0.339 e. The standard InChI is InChI=1S/C20H22O4/c1-13(2)23-19(21)17-11-7-5-9-15(17)16-10-6-8-12-18(16)20(22)24-14(3)4/h5-14H,1-4H3. The van der Waals surface area contributed by atoms with Gasteiger partial charge in [0.05, 0.1) is 23.3 Å². The van der Waals surface area contributed by atoms with Gasteiger partial charge in [-0.3, -0.25) is 0 Å². The number of carbonyl (C=O) groups excluding carboxylic acids is 2. The molecule has 2 rings (SSSR count). The first kappa shape index (κ1) is 17.7. The van der Waals surface area contributed by atoms with Crippen LogP contribution in [0.15, 0.2) is 48.5 Å². The molecule has 2 aromatic carbocycles. The molecule has 0 fully saturated rings. The summed E-state index contributed by atoms with van der Waals surface area (Å²) in [6.45, 7) is 7.20. The number of rotatable bonds is 5. The van der Waals surface area contributed by atoms with Gasteiger partial charge in [-0.1, -0.05) is 36.4 Å². The van der Waals surface area contributed by atoms with E-state index in [-0.39, 0.29) is 12.2 Å². The molecule has 0 spiro atoms. The van der Waals surface area contributed by atoms with Crippen LogP contribution in [-0.4, -0.2) is 24.1 Å². The van der Waals surface area contributed by atoms with E-state index in [2.05, 4.69) is 0 Å². The van der Waals surface area contributed by atoms with E-state index in [1.807, 2.05) is 12.1 Å². The molecule has 0 unspecified atom stereocenters. The first-order valence-corrected chi connectivity index (χ1v) is 8.00. The van der Waals surface area contributed by atoms with Gasteiger partial charge in [-0.05, 0) is 51.0 Å². The van der Waals surface area contributed by atoms with Crippen LogP contribution >= 0.6 is 0 Å². The Kier molecular flexibility index (Phi) is 5.74. The third kappa shape index (κ3) is 4.22. The Bertz CT molecular complexity index is 668. The van der Waals surface area contributed by atoms with Gasteiger partial charge in [-0.15, -0.1) is 0 Å². The molecular formula is C20H22O4. The molecular weight excluding hydrogens is 304 g/mol. The Morgan fingerprint density at radius 2 is 1.00 bits per heavy atom. The molecule has 0 aliphatic heterocycles. The lowest BCUT2D eigenvalue weighted by molar-refractivity contribution is 0.0365. The first-order chi connectivity index (χ1) is 11.4. The Morgan fingerprint density at radius 1 is 0.667 bits per heavy atom. The van der Waals surface area contributed by atoms with Crippen molar-refractivity contribution in [2.24, 2.45) is 0 Å². The predicted molar refractivity (Wildman–Crippen MR) is 93.0 cm³/mol. The molecule has 4 nitrogen and oxygen atoms in total. The maximum absolute atomic E-state index is 12.4. The van der Waals surface area contributed by atoms with E-state index in [0.29, 0.717) is 22.3 Å². The summed E-state index contributed by atoms with van der Waals surface area (Å²) in [4.78, 5) is 24.7. The zero-order valence-electron chi connectivity index (χ0n) is 14.4. The minimum absolute atomic E-state index is 0.216. The molecule has 0 N–H and O–H groups in total. The fourth-order valence-corrected chi connectivity index (χ4v) is 2.35. The zero-order valence-corrected chi connectivity index (χ0v) is 14.4. The lowest BCUT2D eigenvalue weighted by Crippen LogP contribution is -2.15. The van der Waals surface area contributed by atoms with Gasteiger partial charge in [0, 0.05) is 0 Å². The average molecular weight is 326 g/mol. The van der Waals surface area contributed by atoms with E-state index in [4.69, 9.17) is 9.47 Å². The van der Waals surface area contributed by atoms with Crippen LogP contribution in [0.2, 0.25) is 0 Å². The fraction of sp³-hybridized carbons (Fsp3) is 0.300. The van der Waals surface area contributed by atoms with Crippen LogP contribution in [-0.2, 0) is 9.47 Å². The Morgan fingerprint density at radius 3 is 1.33 bits per heavy atom. The Hall–Kier alpha value is -2.62. The highest BCUT2D eigenvalue weighted by Crippen LogP contribution is 2.28. The molecule has 0 saturated carbocycles. The molecule has 0 amide bonds. The van der Waals surface area contributed by atoms with Crippen molar-refractivity contribution in [1.29, 1.82) is 0 Å². The van der Waals surface area contributed by atoms with Gasteiger partial charge in [-0.25, -0.2) is 9.59 Å². The number of ether oxygens (including phenoxy) is 2. The van der Waals surface area contributed by atoms with Crippen LogP contribution in [0.5, 0.6) is 0 Å². The summed E-state index contributed by atoms with van der Waals surface area (Å²) in [6.07, 6.45) is -0.432. The summed E-state index contributed by atoms with van der Waals surface area (Å²) in [5.41, 5.74) is 2.16. The summed E-state index contributed by atoms with van der Waals surface area (Å²) in [5, 5.41) is 0. The largest absolute Gasteiger partial charge is 0.459 e. The number of esters is 2. The van der Waals surface area contributed by atoms with Crippen molar-refractivity contribution in [1.82, 2.24) is 0 Å². The smallest absolute Gasteiger partial charge is 0.339 e. The van der Waals surface area contributed by atoms with E-state index in [9.17, 15) is 9.59 Å². The second kappa shape index (κ2) is 7.77. The van der Waals surface area contributed by atoms with Gasteiger partial charge in [-0.2, -0.15) is 0 Å². The average Bonchev–Trinajstić information content (AvgIpc) is 2.53. The lowest BCUT2D eigenvalue weighted by Gasteiger charge is -2.15. The molecule has 0 aliphatic carbocycles. The van der Waals surface area contributed by atoms with E-state index in [0.717, 1.165) is 0 Å². The second-order valence-electron chi connectivity index (χ2n) is 6.00. The van der Waals surface area contributed by atoms with E-state index >= 15 is 0 Å². The first-order valence-electron chi connectivity index (χ1n) is 8.00. The monoisotopic (exact) mass is 326 g/mol. The fourth-order valence-electron chi connectivity index (χ4n) is 2.35. The van der Waals surface area contributed by atoms with E-state index in [1.54, 1.807) is 64.1 Å². The normalized spacial score (nSPS) is 10.8. The van der Waals surface area contributed by atoms with Crippen molar-refractivity contribution in [2.45, 2.75) is 39.9 Å². The van der Waals surface area contributed by atoms with Crippen LogP contribution in [0, 0.1) is 0 Å². The highest BCUT2D eigenvalue weighted by atomic mass is 16.5. The molecule has 0 atom stereocenters. The Balaban J connectivity index is 2.50. The molecule has 0 bridgehead atoms. The van der Waals surface area contributed by atoms with Gasteiger partial charge in [0.25, 0.3) is 0 Å². The van der Waals surface area contributed by atoms with E-state index < -0.39 is 11.9 Å². The van der Waals surface area contributed by atoms with Crippen molar-refractivity contribution in [3.8, 4) is 11.1 Å². The molecule has 4 heteroatoms. The minimum Gasteiger partial charge on any atom is -0.459 e. The third-order valence-electron chi connectivity index (χ3n) is 3.27. The molecule has 0 saturated heterocycles. The molecule has 0 aliphatic rings. The van der Waals surface area contributed by atoms with Crippen molar-refractivity contribution in [3.63, 3.8) is 0 Å². The molecule has 24 heavy (non-hydrogen) atoms. The lowest BCUT2D eigenvalue weighted by atomic mass is 9.95. The quantitative estimate of drug-likeness (QED) is 0.760. The molecule has 2 aromatic rings. The van der Waals surface area contributed by atoms with Crippen molar-refractivity contribution in [2.75, 3.05) is 0 Å². The number of benzene rings is 2. The highest BCUT2D eigenvalue weighted by molar-refractivity contribution is 6.03. The van der Waals surface area contributed by atoms with Crippen LogP contribution in [0.3, 0.4) is 0 Å². The predicted octanol–water partition coefficient (Wildman–Crippen LogP) is 4.48. The van der Waals surface area contributed by atoms with Crippen LogP contribution in [0.1, 0.15) is 48.4 Å². The number of hydrogen-bond acceptors (Lipinski definition) is 4. The second-order valence-corrected chi connectivity index (χ2v) is 6.00. The van der Waals surface area contributed by atoms with Crippen molar-refractivity contribution < 1.29 is 19.1 Å². The SMILES string of the molecule is CC(C)OC(=O)c1ccccc1-c1ccccc1C(=O)OC(C)C. The van der Waals surface area contributed by atoms with Gasteiger partial charge in [0.2, 0.25) is 0 Å². The zero-order chi connectivity index (χ0) is 17.7. The number of carbonyl (C=O) groups is 2. The molecule has 0 aromatic heterocycles. The highest BCUT2D eigenvalue weighted by Gasteiger charge is 2.20. The van der Waals surface area contributed by atoms with Gasteiger partial charge in [0.1, 0.15) is 0 Å². The summed E-state index contributed by atoms with van der Waals surface area (Å²) in [5.74, 6) is -0.819. The Labute approximate surface area is 142 Å². The molecule has 0 radical (unpaired) electrons. The maximum atomic E-state index is 12.4. The summed E-state index contributed by atoms with van der Waals surface area (Å²) in [6, 6.07) is 14.2. The summed E-state index contributed by atoms with van der Waals surface area (Å²) < 4.78 is 10.6. The summed E-state index contributed by atoms with van der Waals surface area (Å²) in [7, 11) is 0. The topological polar surface area (TPSA) is 52.6 Å². The van der Waals surface area contributed by atoms with Crippen LogP contribution < -0.4 is 0 Å². The number of hydrogen-bond donors (Lipinski definition) is 0. The molecule has 126 valence electrons. The minimum atomic E-state index is -0.410. The van der Waals surface area contributed by atoms with Crippen LogP contribution in [0.25, 0.3) is 11.1 Å². The van der Waals surface area contributed by atoms with E-state index in [1.165, 1.54) is 0 Å². The molecule has 0 heterocycles. The van der Waals surface area contributed by atoms with Gasteiger partial charge >= 0.3 is 11.9 Å².